The van der Waals surface area contributed by atoms with E-state index in [9.17, 15) is 19.2 Å². The van der Waals surface area contributed by atoms with Crippen LogP contribution in [-0.2, 0) is 46.2 Å². The lowest BCUT2D eigenvalue weighted by Gasteiger charge is -2.40. The van der Waals surface area contributed by atoms with E-state index in [0.29, 0.717) is 23.3 Å². The fraction of sp³-hybridized carbons (Fsp3) is 0.478. The predicted molar refractivity (Wildman–Crippen MR) is 112 cm³/mol. The van der Waals surface area contributed by atoms with Crippen LogP contribution < -0.4 is 10.4 Å². The van der Waals surface area contributed by atoms with Gasteiger partial charge in [-0.2, -0.15) is 0 Å². The molecule has 0 amide bonds. The van der Waals surface area contributed by atoms with Gasteiger partial charge in [-0.05, 0) is 37.0 Å². The molecule has 0 radical (unpaired) electrons. The number of carbonyl (C=O) groups excluding carboxylic acids is 3. The minimum absolute atomic E-state index is 0.157. The number of benzene rings is 1. The zero-order valence-corrected chi connectivity index (χ0v) is 18.5. The molecule has 1 saturated heterocycles. The highest BCUT2D eigenvalue weighted by molar-refractivity contribution is 5.83. The van der Waals surface area contributed by atoms with E-state index in [0.717, 1.165) is 23.8 Å². The monoisotopic (exact) mass is 460 g/mol. The maximum atomic E-state index is 12.3. The van der Waals surface area contributed by atoms with Crippen LogP contribution in [0, 0.1) is 0 Å². The van der Waals surface area contributed by atoms with Gasteiger partial charge in [0.1, 0.15) is 11.3 Å². The van der Waals surface area contributed by atoms with Crippen LogP contribution in [0.3, 0.4) is 0 Å². The lowest BCUT2D eigenvalue weighted by atomic mass is 10.0. The summed E-state index contributed by atoms with van der Waals surface area (Å²) in [7, 11) is 0. The molecular formula is C23H24O10. The Morgan fingerprint density at radius 3 is 2.27 bits per heavy atom. The molecule has 1 aromatic carbocycles. The molecule has 0 bridgehead atoms. The molecule has 2 heterocycles. The summed E-state index contributed by atoms with van der Waals surface area (Å²) in [6, 6.07) is 5.04. The lowest BCUT2D eigenvalue weighted by Crippen LogP contribution is -2.59. The summed E-state index contributed by atoms with van der Waals surface area (Å²) < 4.78 is 32.9. The zero-order valence-electron chi connectivity index (χ0n) is 18.5. The van der Waals surface area contributed by atoms with Gasteiger partial charge in [0.15, 0.2) is 12.2 Å². The minimum atomic E-state index is -1.22. The van der Waals surface area contributed by atoms with Crippen LogP contribution in [0.4, 0.5) is 0 Å². The highest BCUT2D eigenvalue weighted by atomic mass is 16.7. The van der Waals surface area contributed by atoms with Gasteiger partial charge >= 0.3 is 23.5 Å². The number of carbonyl (C=O) groups is 3. The molecule has 1 fully saturated rings. The smallest absolute Gasteiger partial charge is 0.339 e. The fourth-order valence-corrected chi connectivity index (χ4v) is 4.28. The van der Waals surface area contributed by atoms with Crippen molar-refractivity contribution in [3.05, 3.63) is 39.7 Å². The number of hydrogen-bond acceptors (Lipinski definition) is 10. The Morgan fingerprint density at radius 2 is 1.58 bits per heavy atom. The first-order chi connectivity index (χ1) is 15.7. The quantitative estimate of drug-likeness (QED) is 0.370. The van der Waals surface area contributed by atoms with E-state index >= 15 is 0 Å². The Kier molecular flexibility index (Phi) is 6.37. The number of esters is 3. The topological polar surface area (TPSA) is 128 Å². The van der Waals surface area contributed by atoms with Gasteiger partial charge in [0.05, 0.1) is 6.61 Å². The Morgan fingerprint density at radius 1 is 0.909 bits per heavy atom. The first-order valence-electron chi connectivity index (χ1n) is 10.6. The summed E-state index contributed by atoms with van der Waals surface area (Å²) in [6.45, 7) is 3.41. The van der Waals surface area contributed by atoms with Gasteiger partial charge in [0.2, 0.25) is 12.4 Å². The second-order valence-corrected chi connectivity index (χ2v) is 7.97. The van der Waals surface area contributed by atoms with Gasteiger partial charge in [-0.25, -0.2) is 4.79 Å². The van der Waals surface area contributed by atoms with Crippen LogP contribution in [0.2, 0.25) is 0 Å². The van der Waals surface area contributed by atoms with Crippen molar-refractivity contribution in [2.75, 3.05) is 6.61 Å². The van der Waals surface area contributed by atoms with Crippen molar-refractivity contribution in [2.45, 2.75) is 64.6 Å². The molecule has 4 rings (SSSR count). The summed E-state index contributed by atoms with van der Waals surface area (Å²) in [5, 5.41) is 0.836. The van der Waals surface area contributed by atoms with E-state index in [1.54, 1.807) is 18.2 Å². The van der Waals surface area contributed by atoms with Crippen molar-refractivity contribution in [3.63, 3.8) is 0 Å². The molecular weight excluding hydrogens is 436 g/mol. The highest BCUT2D eigenvalue weighted by Crippen LogP contribution is 2.32. The van der Waals surface area contributed by atoms with Gasteiger partial charge in [-0.3, -0.25) is 14.4 Å². The van der Waals surface area contributed by atoms with Crippen LogP contribution in [0.1, 0.15) is 38.3 Å². The van der Waals surface area contributed by atoms with E-state index < -0.39 is 42.5 Å². The Labute approximate surface area is 188 Å². The summed E-state index contributed by atoms with van der Waals surface area (Å²) >= 11 is 0. The van der Waals surface area contributed by atoms with Crippen LogP contribution in [0.5, 0.6) is 5.75 Å². The molecule has 0 spiro atoms. The number of hydrogen-bond donors (Lipinski definition) is 0. The number of rotatable bonds is 5. The second kappa shape index (κ2) is 9.22. The van der Waals surface area contributed by atoms with Gasteiger partial charge in [0.25, 0.3) is 0 Å². The normalized spacial score (nSPS) is 24.1. The summed E-state index contributed by atoms with van der Waals surface area (Å²) in [6.07, 6.45) is -2.12. The molecule has 0 unspecified atom stereocenters. The molecule has 0 N–H and O–H groups in total. The van der Waals surface area contributed by atoms with E-state index in [2.05, 4.69) is 0 Å². The van der Waals surface area contributed by atoms with Crippen LogP contribution in [0.15, 0.2) is 27.4 Å². The Balaban J connectivity index is 1.64. The van der Waals surface area contributed by atoms with Crippen molar-refractivity contribution >= 4 is 28.9 Å². The maximum Gasteiger partial charge on any atom is 0.339 e. The molecule has 1 aliphatic carbocycles. The van der Waals surface area contributed by atoms with Crippen molar-refractivity contribution in [1.82, 2.24) is 0 Å². The van der Waals surface area contributed by atoms with Crippen LogP contribution in [-0.4, -0.2) is 49.1 Å². The van der Waals surface area contributed by atoms with Crippen molar-refractivity contribution in [3.8, 4) is 5.75 Å². The number of fused-ring (bicyclic) bond motifs is 3. The average molecular weight is 460 g/mol. The van der Waals surface area contributed by atoms with Crippen molar-refractivity contribution in [2.24, 2.45) is 0 Å². The molecule has 1 aliphatic heterocycles. The number of aryl methyl sites for hydroxylation is 1. The zero-order chi connectivity index (χ0) is 23.7. The second-order valence-electron chi connectivity index (χ2n) is 7.97. The van der Waals surface area contributed by atoms with E-state index in [4.69, 9.17) is 28.1 Å². The molecule has 2 aromatic rings. The number of ether oxygens (including phenoxy) is 5. The van der Waals surface area contributed by atoms with E-state index in [-0.39, 0.29) is 12.2 Å². The molecule has 4 atom stereocenters. The van der Waals surface area contributed by atoms with Gasteiger partial charge in [0, 0.05) is 37.8 Å². The van der Waals surface area contributed by atoms with Crippen LogP contribution >= 0.6 is 0 Å². The van der Waals surface area contributed by atoms with Crippen molar-refractivity contribution < 1.29 is 42.5 Å². The first-order valence-corrected chi connectivity index (χ1v) is 10.6. The maximum absolute atomic E-state index is 12.3. The molecule has 10 nitrogen and oxygen atoms in total. The molecule has 176 valence electrons. The molecule has 0 saturated carbocycles. The minimum Gasteiger partial charge on any atom is -0.461 e. The third-order valence-electron chi connectivity index (χ3n) is 5.50. The summed E-state index contributed by atoms with van der Waals surface area (Å²) in [4.78, 5) is 47.2. The van der Waals surface area contributed by atoms with Crippen molar-refractivity contribution in [1.29, 1.82) is 0 Å². The average Bonchev–Trinajstić information content (AvgIpc) is 3.22. The standard InChI is InChI=1S/C23H24O10/c1-11(24)29-19-10-28-23(21(31-13(3)26)20(19)30-12(2)25)32-14-7-8-16-15-5-4-6-17(15)22(27)33-18(16)9-14/h7-9,19-21,23H,4-6,10H2,1-3H3/t19-,20-,21+,23-/m0/s1. The van der Waals surface area contributed by atoms with Gasteiger partial charge in [-0.15, -0.1) is 0 Å². The third kappa shape index (κ3) is 4.85. The molecule has 2 aliphatic rings. The highest BCUT2D eigenvalue weighted by Gasteiger charge is 2.48. The predicted octanol–water partition coefficient (Wildman–Crippen LogP) is 1.81. The van der Waals surface area contributed by atoms with Gasteiger partial charge < -0.3 is 28.1 Å². The van der Waals surface area contributed by atoms with Crippen LogP contribution in [0.25, 0.3) is 11.0 Å². The van der Waals surface area contributed by atoms with E-state index in [1.807, 2.05) is 0 Å². The summed E-state index contributed by atoms with van der Waals surface area (Å²) in [5.41, 5.74) is 1.70. The Bertz CT molecular complexity index is 1150. The fourth-order valence-electron chi connectivity index (χ4n) is 4.28. The molecule has 1 aromatic heterocycles. The largest absolute Gasteiger partial charge is 0.461 e. The summed E-state index contributed by atoms with van der Waals surface area (Å²) in [5.74, 6) is -1.65. The van der Waals surface area contributed by atoms with Gasteiger partial charge in [-0.1, -0.05) is 0 Å². The molecule has 33 heavy (non-hydrogen) atoms. The Hall–Kier alpha value is -3.40. The lowest BCUT2D eigenvalue weighted by molar-refractivity contribution is -0.259. The molecule has 10 heteroatoms. The first kappa shape index (κ1) is 22.8. The SMILES string of the molecule is CC(=O)O[C@@H]1[C@@H](OC(C)=O)[C@H](Oc2ccc3c4c(c(=O)oc3c2)CCC4)OC[C@@H]1OC(C)=O. The van der Waals surface area contributed by atoms with E-state index in [1.165, 1.54) is 20.8 Å². The third-order valence-corrected chi connectivity index (χ3v) is 5.50.